The van der Waals surface area contributed by atoms with Gasteiger partial charge in [-0.15, -0.1) is 12.3 Å². The van der Waals surface area contributed by atoms with Crippen LogP contribution < -0.4 is 5.32 Å². The largest absolute Gasteiger partial charge is 0.361 e. The molecule has 0 atom stereocenters. The summed E-state index contributed by atoms with van der Waals surface area (Å²) in [5, 5.41) is 12.7. The molecule has 0 bridgehead atoms. The van der Waals surface area contributed by atoms with Crippen LogP contribution in [0.2, 0.25) is 5.15 Å². The number of hydrogen-bond acceptors (Lipinski definition) is 4. The van der Waals surface area contributed by atoms with Gasteiger partial charge in [-0.2, -0.15) is 5.26 Å². The molecule has 0 amide bonds. The SMILES string of the molecule is C#CCCCCNc1nc(Cl)c(C#N)s1. The normalized spacial score (nSPS) is 9.27. The molecule has 1 rings (SSSR count). The fourth-order valence-corrected chi connectivity index (χ4v) is 1.97. The van der Waals surface area contributed by atoms with Crippen molar-refractivity contribution in [3.05, 3.63) is 10.0 Å². The number of nitrogens with zero attached hydrogens (tertiary/aromatic N) is 2. The molecule has 0 saturated heterocycles. The van der Waals surface area contributed by atoms with Crippen molar-refractivity contribution < 1.29 is 0 Å². The molecule has 0 aliphatic carbocycles. The third-order valence-corrected chi connectivity index (χ3v) is 3.01. The van der Waals surface area contributed by atoms with Gasteiger partial charge in [-0.25, -0.2) is 4.98 Å². The molecule has 1 heterocycles. The minimum atomic E-state index is 0.272. The summed E-state index contributed by atoms with van der Waals surface area (Å²) in [6.45, 7) is 0.802. The summed E-state index contributed by atoms with van der Waals surface area (Å²) in [5.74, 6) is 2.58. The van der Waals surface area contributed by atoms with Gasteiger partial charge < -0.3 is 5.32 Å². The van der Waals surface area contributed by atoms with Gasteiger partial charge in [0.25, 0.3) is 0 Å². The van der Waals surface area contributed by atoms with Crippen LogP contribution in [0.15, 0.2) is 0 Å². The third-order valence-electron chi connectivity index (χ3n) is 1.71. The topological polar surface area (TPSA) is 48.7 Å². The average Bonchev–Trinajstić information content (AvgIpc) is 2.59. The van der Waals surface area contributed by atoms with E-state index in [0.717, 1.165) is 25.8 Å². The van der Waals surface area contributed by atoms with Crippen molar-refractivity contribution in [1.29, 1.82) is 5.26 Å². The zero-order valence-electron chi connectivity index (χ0n) is 8.09. The summed E-state index contributed by atoms with van der Waals surface area (Å²) in [4.78, 5) is 4.46. The molecule has 0 aliphatic heterocycles. The highest BCUT2D eigenvalue weighted by molar-refractivity contribution is 7.16. The first kappa shape index (κ1) is 11.8. The van der Waals surface area contributed by atoms with Gasteiger partial charge in [-0.05, 0) is 12.8 Å². The van der Waals surface area contributed by atoms with E-state index in [2.05, 4.69) is 16.2 Å². The first-order chi connectivity index (χ1) is 7.27. The molecule has 0 aromatic carbocycles. The zero-order chi connectivity index (χ0) is 11.1. The molecule has 0 aliphatic rings. The van der Waals surface area contributed by atoms with Gasteiger partial charge in [0.1, 0.15) is 10.9 Å². The Kier molecular flexibility index (Phi) is 4.97. The Morgan fingerprint density at radius 2 is 2.33 bits per heavy atom. The van der Waals surface area contributed by atoms with Crippen LogP contribution in [-0.2, 0) is 0 Å². The molecule has 0 fully saturated rings. The molecule has 5 heteroatoms. The van der Waals surface area contributed by atoms with Crippen molar-refractivity contribution in [3.63, 3.8) is 0 Å². The second kappa shape index (κ2) is 6.29. The molecule has 3 nitrogen and oxygen atoms in total. The van der Waals surface area contributed by atoms with E-state index < -0.39 is 0 Å². The van der Waals surface area contributed by atoms with Gasteiger partial charge in [0.15, 0.2) is 10.3 Å². The lowest BCUT2D eigenvalue weighted by molar-refractivity contribution is 0.789. The molecular formula is C10H10ClN3S. The lowest BCUT2D eigenvalue weighted by Gasteiger charge is -1.99. The molecule has 15 heavy (non-hydrogen) atoms. The first-order valence-electron chi connectivity index (χ1n) is 4.51. The quantitative estimate of drug-likeness (QED) is 0.635. The van der Waals surface area contributed by atoms with Crippen LogP contribution in [-0.4, -0.2) is 11.5 Å². The monoisotopic (exact) mass is 239 g/mol. The molecule has 0 spiro atoms. The van der Waals surface area contributed by atoms with E-state index in [1.807, 2.05) is 6.07 Å². The van der Waals surface area contributed by atoms with Crippen molar-refractivity contribution in [2.24, 2.45) is 0 Å². The molecule has 0 unspecified atom stereocenters. The predicted octanol–water partition coefficient (Wildman–Crippen LogP) is 2.88. The number of halogens is 1. The Bertz CT molecular complexity index is 400. The Hall–Kier alpha value is -1.23. The number of nitrogens with one attached hydrogen (secondary N) is 1. The van der Waals surface area contributed by atoms with E-state index in [4.69, 9.17) is 23.3 Å². The number of nitriles is 1. The van der Waals surface area contributed by atoms with E-state index in [-0.39, 0.29) is 5.15 Å². The van der Waals surface area contributed by atoms with Crippen LogP contribution in [0.5, 0.6) is 0 Å². The smallest absolute Gasteiger partial charge is 0.185 e. The molecule has 0 radical (unpaired) electrons. The maximum Gasteiger partial charge on any atom is 0.185 e. The lowest BCUT2D eigenvalue weighted by Crippen LogP contribution is -2.00. The zero-order valence-corrected chi connectivity index (χ0v) is 9.66. The number of hydrogen-bond donors (Lipinski definition) is 1. The maximum absolute atomic E-state index is 8.66. The highest BCUT2D eigenvalue weighted by Gasteiger charge is 2.07. The van der Waals surface area contributed by atoms with Crippen LogP contribution in [0, 0.1) is 23.7 Å². The fraction of sp³-hybridized carbons (Fsp3) is 0.400. The Morgan fingerprint density at radius 3 is 2.93 bits per heavy atom. The number of rotatable bonds is 5. The summed E-state index contributed by atoms with van der Waals surface area (Å²) in [6, 6.07) is 1.98. The number of anilines is 1. The number of thiazole rings is 1. The van der Waals surface area contributed by atoms with Crippen LogP contribution in [0.4, 0.5) is 5.13 Å². The number of aromatic nitrogens is 1. The van der Waals surface area contributed by atoms with Crippen molar-refractivity contribution in [2.75, 3.05) is 11.9 Å². The molecular weight excluding hydrogens is 230 g/mol. The Balaban J connectivity index is 2.33. The molecule has 1 N–H and O–H groups in total. The highest BCUT2D eigenvalue weighted by Crippen LogP contribution is 2.25. The van der Waals surface area contributed by atoms with Crippen LogP contribution in [0.3, 0.4) is 0 Å². The third kappa shape index (κ3) is 3.79. The fourth-order valence-electron chi connectivity index (χ4n) is 0.993. The second-order valence-corrected chi connectivity index (χ2v) is 4.20. The van der Waals surface area contributed by atoms with Gasteiger partial charge in [-0.3, -0.25) is 0 Å². The van der Waals surface area contributed by atoms with Crippen LogP contribution >= 0.6 is 22.9 Å². The summed E-state index contributed by atoms with van der Waals surface area (Å²) < 4.78 is 0. The molecule has 78 valence electrons. The van der Waals surface area contributed by atoms with Gasteiger partial charge >= 0.3 is 0 Å². The summed E-state index contributed by atoms with van der Waals surface area (Å²) in [7, 11) is 0. The van der Waals surface area contributed by atoms with E-state index in [9.17, 15) is 0 Å². The van der Waals surface area contributed by atoms with E-state index in [1.165, 1.54) is 11.3 Å². The predicted molar refractivity (Wildman–Crippen MR) is 63.0 cm³/mol. The molecule has 1 aromatic rings. The highest BCUT2D eigenvalue weighted by atomic mass is 35.5. The first-order valence-corrected chi connectivity index (χ1v) is 5.71. The number of unbranched alkanes of at least 4 members (excludes halogenated alkanes) is 2. The van der Waals surface area contributed by atoms with Gasteiger partial charge in [0, 0.05) is 13.0 Å². The van der Waals surface area contributed by atoms with E-state index in [0.29, 0.717) is 10.0 Å². The van der Waals surface area contributed by atoms with Crippen LogP contribution in [0.25, 0.3) is 0 Å². The van der Waals surface area contributed by atoms with E-state index in [1.54, 1.807) is 0 Å². The van der Waals surface area contributed by atoms with E-state index >= 15 is 0 Å². The van der Waals surface area contributed by atoms with Crippen molar-refractivity contribution >= 4 is 28.1 Å². The number of terminal acetylenes is 1. The standard InChI is InChI=1S/C10H10ClN3S/c1-2-3-4-5-6-13-10-14-9(11)8(7-12)15-10/h1H,3-6H2,(H,13,14). The van der Waals surface area contributed by atoms with Gasteiger partial charge in [-0.1, -0.05) is 22.9 Å². The Labute approximate surface area is 98.1 Å². The average molecular weight is 240 g/mol. The van der Waals surface area contributed by atoms with Crippen molar-refractivity contribution in [3.8, 4) is 18.4 Å². The summed E-state index contributed by atoms with van der Waals surface area (Å²) >= 11 is 6.99. The molecule has 1 aromatic heterocycles. The minimum Gasteiger partial charge on any atom is -0.361 e. The van der Waals surface area contributed by atoms with Crippen molar-refractivity contribution in [2.45, 2.75) is 19.3 Å². The van der Waals surface area contributed by atoms with Crippen LogP contribution in [0.1, 0.15) is 24.1 Å². The van der Waals surface area contributed by atoms with Crippen molar-refractivity contribution in [1.82, 2.24) is 4.98 Å². The molecule has 0 saturated carbocycles. The summed E-state index contributed by atoms with van der Waals surface area (Å²) in [5.41, 5.74) is 0. The second-order valence-electron chi connectivity index (χ2n) is 2.84. The summed E-state index contributed by atoms with van der Waals surface area (Å²) in [6.07, 6.45) is 7.91. The minimum absolute atomic E-state index is 0.272. The maximum atomic E-state index is 8.66. The Morgan fingerprint density at radius 1 is 1.53 bits per heavy atom. The van der Waals surface area contributed by atoms with Gasteiger partial charge in [0.2, 0.25) is 0 Å². The van der Waals surface area contributed by atoms with Gasteiger partial charge in [0.05, 0.1) is 0 Å². The lowest BCUT2D eigenvalue weighted by atomic mass is 10.2.